The van der Waals surface area contributed by atoms with E-state index in [4.69, 9.17) is 4.74 Å². The van der Waals surface area contributed by atoms with E-state index in [0.717, 1.165) is 0 Å². The fourth-order valence-electron chi connectivity index (χ4n) is 1.30. The number of rotatable bonds is 5. The van der Waals surface area contributed by atoms with Crippen LogP contribution in [-0.2, 0) is 0 Å². The fourth-order valence-corrected chi connectivity index (χ4v) is 1.30. The smallest absolute Gasteiger partial charge is 0.165 e. The van der Waals surface area contributed by atoms with Crippen molar-refractivity contribution in [3.8, 4) is 5.75 Å². The largest absolute Gasteiger partial charge is 0.490 e. The predicted octanol–water partition coefficient (Wildman–Crippen LogP) is 2.42. The van der Waals surface area contributed by atoms with E-state index in [1.807, 2.05) is 0 Å². The second kappa shape index (κ2) is 5.47. The Kier molecular flexibility index (Phi) is 4.48. The lowest BCUT2D eigenvalue weighted by Crippen LogP contribution is -2.22. The zero-order valence-electron chi connectivity index (χ0n) is 10.4. The Labute approximate surface area is 101 Å². The van der Waals surface area contributed by atoms with Crippen LogP contribution in [0.4, 0.5) is 4.39 Å². The molecule has 1 aromatic rings. The topological polar surface area (TPSA) is 49.7 Å². The number of ether oxygens (including phenoxy) is 1. The molecule has 0 spiro atoms. The third kappa shape index (κ3) is 4.71. The summed E-state index contributed by atoms with van der Waals surface area (Å²) in [4.78, 5) is 0. The van der Waals surface area contributed by atoms with E-state index in [1.54, 1.807) is 26.8 Å². The Morgan fingerprint density at radius 1 is 1.41 bits per heavy atom. The van der Waals surface area contributed by atoms with Gasteiger partial charge in [-0.2, -0.15) is 0 Å². The zero-order chi connectivity index (χ0) is 13.1. The lowest BCUT2D eigenvalue weighted by Gasteiger charge is -2.17. The molecule has 0 saturated heterocycles. The SMILES string of the molecule is CC(O)c1ccc(OCCC(C)(C)O)c(F)c1. The van der Waals surface area contributed by atoms with E-state index in [1.165, 1.54) is 12.1 Å². The van der Waals surface area contributed by atoms with Crippen LogP contribution in [0.2, 0.25) is 0 Å². The molecule has 1 unspecified atom stereocenters. The Morgan fingerprint density at radius 3 is 2.53 bits per heavy atom. The molecule has 0 aliphatic rings. The Balaban J connectivity index is 2.61. The van der Waals surface area contributed by atoms with E-state index < -0.39 is 17.5 Å². The summed E-state index contributed by atoms with van der Waals surface area (Å²) in [5.74, 6) is -0.363. The van der Waals surface area contributed by atoms with Crippen molar-refractivity contribution in [3.63, 3.8) is 0 Å². The van der Waals surface area contributed by atoms with Gasteiger partial charge in [-0.05, 0) is 38.5 Å². The molecule has 1 rings (SSSR count). The van der Waals surface area contributed by atoms with Gasteiger partial charge < -0.3 is 14.9 Å². The molecule has 0 aromatic heterocycles. The van der Waals surface area contributed by atoms with Gasteiger partial charge in [0.25, 0.3) is 0 Å². The highest BCUT2D eigenvalue weighted by Crippen LogP contribution is 2.22. The van der Waals surface area contributed by atoms with Gasteiger partial charge in [0.2, 0.25) is 0 Å². The minimum atomic E-state index is -0.823. The standard InChI is InChI=1S/C13H19FO3/c1-9(15)10-4-5-12(11(14)8-10)17-7-6-13(2,3)16/h4-5,8-9,15-16H,6-7H2,1-3H3. The molecule has 96 valence electrons. The van der Waals surface area contributed by atoms with E-state index >= 15 is 0 Å². The number of aliphatic hydroxyl groups is 2. The van der Waals surface area contributed by atoms with Gasteiger partial charge in [0.15, 0.2) is 11.6 Å². The number of hydrogen-bond donors (Lipinski definition) is 2. The summed E-state index contributed by atoms with van der Waals surface area (Å²) < 4.78 is 18.8. The summed E-state index contributed by atoms with van der Waals surface area (Å²) >= 11 is 0. The fraction of sp³-hybridized carbons (Fsp3) is 0.538. The molecule has 4 heteroatoms. The zero-order valence-corrected chi connectivity index (χ0v) is 10.4. The quantitative estimate of drug-likeness (QED) is 0.833. The van der Waals surface area contributed by atoms with Crippen molar-refractivity contribution < 1.29 is 19.3 Å². The van der Waals surface area contributed by atoms with Gasteiger partial charge in [-0.15, -0.1) is 0 Å². The van der Waals surface area contributed by atoms with Crippen LogP contribution < -0.4 is 4.74 Å². The van der Waals surface area contributed by atoms with Crippen LogP contribution in [-0.4, -0.2) is 22.4 Å². The molecule has 0 radical (unpaired) electrons. The molecule has 0 amide bonds. The van der Waals surface area contributed by atoms with Gasteiger partial charge >= 0.3 is 0 Å². The van der Waals surface area contributed by atoms with Crippen LogP contribution >= 0.6 is 0 Å². The molecular formula is C13H19FO3. The lowest BCUT2D eigenvalue weighted by molar-refractivity contribution is 0.0547. The van der Waals surface area contributed by atoms with Gasteiger partial charge in [-0.3, -0.25) is 0 Å². The van der Waals surface area contributed by atoms with Crippen LogP contribution in [0.3, 0.4) is 0 Å². The predicted molar refractivity (Wildman–Crippen MR) is 63.4 cm³/mol. The van der Waals surface area contributed by atoms with Gasteiger partial charge in [-0.25, -0.2) is 4.39 Å². The minimum absolute atomic E-state index is 0.138. The first kappa shape index (κ1) is 13.9. The van der Waals surface area contributed by atoms with Crippen molar-refractivity contribution in [1.29, 1.82) is 0 Å². The highest BCUT2D eigenvalue weighted by Gasteiger charge is 2.13. The van der Waals surface area contributed by atoms with Gasteiger partial charge in [-0.1, -0.05) is 6.07 Å². The number of aliphatic hydroxyl groups excluding tert-OH is 1. The van der Waals surface area contributed by atoms with Gasteiger partial charge in [0.05, 0.1) is 18.3 Å². The van der Waals surface area contributed by atoms with Crippen molar-refractivity contribution in [2.24, 2.45) is 0 Å². The Morgan fingerprint density at radius 2 is 2.06 bits per heavy atom. The normalized spacial score (nSPS) is 13.5. The van der Waals surface area contributed by atoms with E-state index in [-0.39, 0.29) is 12.4 Å². The van der Waals surface area contributed by atoms with E-state index in [9.17, 15) is 14.6 Å². The first-order valence-electron chi connectivity index (χ1n) is 5.62. The lowest BCUT2D eigenvalue weighted by atomic mass is 10.1. The Hall–Kier alpha value is -1.13. The highest BCUT2D eigenvalue weighted by molar-refractivity contribution is 5.30. The van der Waals surface area contributed by atoms with Gasteiger partial charge in [0, 0.05) is 6.42 Å². The molecule has 1 atom stereocenters. The molecule has 3 nitrogen and oxygen atoms in total. The maximum absolute atomic E-state index is 13.5. The summed E-state index contributed by atoms with van der Waals surface area (Å²) in [6.07, 6.45) is -0.278. The summed E-state index contributed by atoms with van der Waals surface area (Å²) in [6, 6.07) is 4.36. The van der Waals surface area contributed by atoms with Gasteiger partial charge in [0.1, 0.15) is 0 Å². The first-order valence-corrected chi connectivity index (χ1v) is 5.62. The number of halogens is 1. The molecule has 0 fully saturated rings. The molecular weight excluding hydrogens is 223 g/mol. The van der Waals surface area contributed by atoms with Crippen LogP contribution in [0.15, 0.2) is 18.2 Å². The van der Waals surface area contributed by atoms with Crippen LogP contribution in [0.5, 0.6) is 5.75 Å². The third-order valence-electron chi connectivity index (χ3n) is 2.41. The van der Waals surface area contributed by atoms with Crippen molar-refractivity contribution in [2.75, 3.05) is 6.61 Å². The van der Waals surface area contributed by atoms with Crippen molar-refractivity contribution in [2.45, 2.75) is 38.9 Å². The van der Waals surface area contributed by atoms with Crippen LogP contribution in [0.1, 0.15) is 38.9 Å². The number of hydrogen-bond acceptors (Lipinski definition) is 3. The summed E-state index contributed by atoms with van der Waals surface area (Å²) in [6.45, 7) is 5.16. The maximum atomic E-state index is 13.5. The average Bonchev–Trinajstić information content (AvgIpc) is 2.18. The minimum Gasteiger partial charge on any atom is -0.490 e. The molecule has 0 aliphatic carbocycles. The van der Waals surface area contributed by atoms with E-state index in [2.05, 4.69) is 0 Å². The second-order valence-electron chi connectivity index (χ2n) is 4.78. The number of benzene rings is 1. The molecule has 0 saturated carbocycles. The molecule has 2 N–H and O–H groups in total. The third-order valence-corrected chi connectivity index (χ3v) is 2.41. The van der Waals surface area contributed by atoms with Crippen molar-refractivity contribution in [3.05, 3.63) is 29.6 Å². The monoisotopic (exact) mass is 242 g/mol. The Bertz CT molecular complexity index is 369. The second-order valence-corrected chi connectivity index (χ2v) is 4.78. The van der Waals surface area contributed by atoms with Crippen molar-refractivity contribution >= 4 is 0 Å². The van der Waals surface area contributed by atoms with Crippen LogP contribution in [0.25, 0.3) is 0 Å². The average molecular weight is 242 g/mol. The summed E-state index contributed by atoms with van der Waals surface area (Å²) in [5.41, 5.74) is -0.312. The van der Waals surface area contributed by atoms with E-state index in [0.29, 0.717) is 12.0 Å². The first-order chi connectivity index (χ1) is 7.79. The maximum Gasteiger partial charge on any atom is 0.165 e. The van der Waals surface area contributed by atoms with Crippen LogP contribution in [0, 0.1) is 5.82 Å². The summed E-state index contributed by atoms with van der Waals surface area (Å²) in [5, 5.41) is 18.8. The molecule has 1 aromatic carbocycles. The molecule has 0 bridgehead atoms. The summed E-state index contributed by atoms with van der Waals surface area (Å²) in [7, 11) is 0. The molecule has 0 aliphatic heterocycles. The molecule has 17 heavy (non-hydrogen) atoms. The molecule has 0 heterocycles. The highest BCUT2D eigenvalue weighted by atomic mass is 19.1. The van der Waals surface area contributed by atoms with Crippen molar-refractivity contribution in [1.82, 2.24) is 0 Å².